The van der Waals surface area contributed by atoms with Gasteiger partial charge in [0.05, 0.1) is 11.6 Å². The van der Waals surface area contributed by atoms with Gasteiger partial charge in [0.25, 0.3) is 0 Å². The molecule has 1 aromatic rings. The van der Waals surface area contributed by atoms with E-state index in [9.17, 15) is 0 Å². The molecule has 1 saturated heterocycles. The Balaban J connectivity index is 1.93. The first-order chi connectivity index (χ1) is 7.78. The average Bonchev–Trinajstić information content (AvgIpc) is 2.32. The molecule has 0 N–H and O–H groups in total. The Bertz CT molecular complexity index is 338. The van der Waals surface area contributed by atoms with Gasteiger partial charge in [-0.2, -0.15) is 0 Å². The molecule has 3 nitrogen and oxygen atoms in total. The second-order valence-corrected chi connectivity index (χ2v) is 4.49. The van der Waals surface area contributed by atoms with Crippen molar-refractivity contribution in [3.8, 4) is 5.88 Å². The standard InChI is InChI=1S/C12H17ClN2O/c1-15-7-5-11(6-8-15)16-12-4-2-3-10(9-13)14-12/h2-4,11H,5-9H2,1H3. The lowest BCUT2D eigenvalue weighted by atomic mass is 10.1. The summed E-state index contributed by atoms with van der Waals surface area (Å²) < 4.78 is 5.85. The number of piperidine rings is 1. The normalized spacial score (nSPS) is 18.6. The number of halogens is 1. The van der Waals surface area contributed by atoms with Crippen LogP contribution in [-0.4, -0.2) is 36.1 Å². The Labute approximate surface area is 101 Å². The van der Waals surface area contributed by atoms with Gasteiger partial charge in [0, 0.05) is 19.2 Å². The second-order valence-electron chi connectivity index (χ2n) is 4.22. The molecule has 0 atom stereocenters. The molecule has 1 aliphatic heterocycles. The molecule has 0 aliphatic carbocycles. The predicted octanol–water partition coefficient (Wildman–Crippen LogP) is 2.29. The molecule has 1 aromatic heterocycles. The van der Waals surface area contributed by atoms with E-state index in [0.29, 0.717) is 17.9 Å². The van der Waals surface area contributed by atoms with Crippen molar-refractivity contribution in [2.24, 2.45) is 0 Å². The number of nitrogens with zero attached hydrogens (tertiary/aromatic N) is 2. The maximum Gasteiger partial charge on any atom is 0.213 e. The molecular weight excluding hydrogens is 224 g/mol. The average molecular weight is 241 g/mol. The summed E-state index contributed by atoms with van der Waals surface area (Å²) in [5.41, 5.74) is 0.868. The van der Waals surface area contributed by atoms with Gasteiger partial charge in [-0.15, -0.1) is 11.6 Å². The third-order valence-corrected chi connectivity index (χ3v) is 3.14. The highest BCUT2D eigenvalue weighted by atomic mass is 35.5. The number of ether oxygens (including phenoxy) is 1. The summed E-state index contributed by atoms with van der Waals surface area (Å²) in [4.78, 5) is 6.66. The Morgan fingerprint density at radius 2 is 2.19 bits per heavy atom. The maximum atomic E-state index is 5.85. The number of hydrogen-bond donors (Lipinski definition) is 0. The van der Waals surface area contributed by atoms with Crippen LogP contribution in [0.4, 0.5) is 0 Å². The third kappa shape index (κ3) is 3.09. The molecule has 0 radical (unpaired) electrons. The summed E-state index contributed by atoms with van der Waals surface area (Å²) in [7, 11) is 2.14. The summed E-state index contributed by atoms with van der Waals surface area (Å²) >= 11 is 5.74. The molecule has 4 heteroatoms. The van der Waals surface area contributed by atoms with Gasteiger partial charge >= 0.3 is 0 Å². The van der Waals surface area contributed by atoms with E-state index in [2.05, 4.69) is 16.9 Å². The van der Waals surface area contributed by atoms with E-state index >= 15 is 0 Å². The number of pyridine rings is 1. The van der Waals surface area contributed by atoms with Gasteiger partial charge in [-0.05, 0) is 26.0 Å². The van der Waals surface area contributed by atoms with Crippen LogP contribution in [0.3, 0.4) is 0 Å². The molecule has 1 fully saturated rings. The van der Waals surface area contributed by atoms with Gasteiger partial charge in [-0.25, -0.2) is 4.98 Å². The molecule has 0 unspecified atom stereocenters. The zero-order valence-corrected chi connectivity index (χ0v) is 10.3. The highest BCUT2D eigenvalue weighted by Gasteiger charge is 2.18. The fraction of sp³-hybridized carbons (Fsp3) is 0.583. The van der Waals surface area contributed by atoms with Crippen molar-refractivity contribution < 1.29 is 4.74 Å². The molecule has 2 heterocycles. The monoisotopic (exact) mass is 240 g/mol. The number of likely N-dealkylation sites (tertiary alicyclic amines) is 1. The molecule has 0 bridgehead atoms. The molecule has 1 aliphatic rings. The summed E-state index contributed by atoms with van der Waals surface area (Å²) in [6, 6.07) is 5.75. The first-order valence-corrected chi connectivity index (χ1v) is 6.18. The predicted molar refractivity (Wildman–Crippen MR) is 64.9 cm³/mol. The van der Waals surface area contributed by atoms with Gasteiger partial charge in [-0.1, -0.05) is 6.07 Å². The van der Waals surface area contributed by atoms with E-state index in [1.165, 1.54) is 0 Å². The zero-order valence-electron chi connectivity index (χ0n) is 9.53. The van der Waals surface area contributed by atoms with E-state index in [-0.39, 0.29) is 0 Å². The minimum atomic E-state index is 0.300. The lowest BCUT2D eigenvalue weighted by Crippen LogP contribution is -2.35. The van der Waals surface area contributed by atoms with Crippen LogP contribution in [0.1, 0.15) is 18.5 Å². The lowest BCUT2D eigenvalue weighted by Gasteiger charge is -2.28. The van der Waals surface area contributed by atoms with Gasteiger partial charge in [0.2, 0.25) is 5.88 Å². The first-order valence-electron chi connectivity index (χ1n) is 5.65. The smallest absolute Gasteiger partial charge is 0.213 e. The van der Waals surface area contributed by atoms with Gasteiger partial charge in [0.15, 0.2) is 0 Å². The summed E-state index contributed by atoms with van der Waals surface area (Å²) in [5.74, 6) is 1.14. The van der Waals surface area contributed by atoms with Crippen LogP contribution in [0, 0.1) is 0 Å². The number of hydrogen-bond acceptors (Lipinski definition) is 3. The minimum Gasteiger partial charge on any atom is -0.474 e. The maximum absolute atomic E-state index is 5.85. The molecule has 0 aromatic carbocycles. The largest absolute Gasteiger partial charge is 0.474 e. The van der Waals surface area contributed by atoms with E-state index in [1.54, 1.807) is 0 Å². The molecule has 88 valence electrons. The fourth-order valence-corrected chi connectivity index (χ4v) is 2.02. The summed E-state index contributed by atoms with van der Waals surface area (Å²) in [6.07, 6.45) is 2.45. The van der Waals surface area contributed by atoms with Crippen molar-refractivity contribution in [1.29, 1.82) is 0 Å². The molecular formula is C12H17ClN2O. The van der Waals surface area contributed by atoms with Crippen LogP contribution in [0.25, 0.3) is 0 Å². The topological polar surface area (TPSA) is 25.4 Å². The third-order valence-electron chi connectivity index (χ3n) is 2.87. The molecule has 0 spiro atoms. The number of aromatic nitrogens is 1. The Hall–Kier alpha value is -0.800. The van der Waals surface area contributed by atoms with Crippen molar-refractivity contribution in [3.05, 3.63) is 23.9 Å². The Morgan fingerprint density at radius 1 is 1.44 bits per heavy atom. The van der Waals surface area contributed by atoms with Gasteiger partial charge in [-0.3, -0.25) is 0 Å². The van der Waals surface area contributed by atoms with E-state index in [1.807, 2.05) is 18.2 Å². The van der Waals surface area contributed by atoms with E-state index in [0.717, 1.165) is 31.6 Å². The van der Waals surface area contributed by atoms with Gasteiger partial charge in [0.1, 0.15) is 6.10 Å². The van der Waals surface area contributed by atoms with Crippen LogP contribution < -0.4 is 4.74 Å². The SMILES string of the molecule is CN1CCC(Oc2cccc(CCl)n2)CC1. The quantitative estimate of drug-likeness (QED) is 0.758. The van der Waals surface area contributed by atoms with Crippen LogP contribution in [-0.2, 0) is 5.88 Å². The highest BCUT2D eigenvalue weighted by molar-refractivity contribution is 6.16. The van der Waals surface area contributed by atoms with Crippen LogP contribution in [0.15, 0.2) is 18.2 Å². The Kier molecular flexibility index (Phi) is 4.02. The van der Waals surface area contributed by atoms with Crippen molar-refractivity contribution >= 4 is 11.6 Å². The lowest BCUT2D eigenvalue weighted by molar-refractivity contribution is 0.110. The van der Waals surface area contributed by atoms with Crippen LogP contribution in [0.2, 0.25) is 0 Å². The molecule has 0 amide bonds. The van der Waals surface area contributed by atoms with E-state index in [4.69, 9.17) is 16.3 Å². The first kappa shape index (κ1) is 11.7. The molecule has 0 saturated carbocycles. The Morgan fingerprint density at radius 3 is 2.88 bits per heavy atom. The van der Waals surface area contributed by atoms with E-state index < -0.39 is 0 Å². The number of rotatable bonds is 3. The number of alkyl halides is 1. The van der Waals surface area contributed by atoms with Crippen molar-refractivity contribution in [2.45, 2.75) is 24.8 Å². The highest BCUT2D eigenvalue weighted by Crippen LogP contribution is 2.17. The minimum absolute atomic E-state index is 0.300. The zero-order chi connectivity index (χ0) is 11.4. The van der Waals surface area contributed by atoms with Crippen LogP contribution in [0.5, 0.6) is 5.88 Å². The summed E-state index contributed by atoms with van der Waals surface area (Å²) in [6.45, 7) is 2.19. The second kappa shape index (κ2) is 5.51. The van der Waals surface area contributed by atoms with Crippen LogP contribution >= 0.6 is 11.6 Å². The van der Waals surface area contributed by atoms with Crippen molar-refractivity contribution in [3.63, 3.8) is 0 Å². The van der Waals surface area contributed by atoms with Crippen molar-refractivity contribution in [2.75, 3.05) is 20.1 Å². The van der Waals surface area contributed by atoms with Crippen molar-refractivity contribution in [1.82, 2.24) is 9.88 Å². The van der Waals surface area contributed by atoms with Gasteiger partial charge < -0.3 is 9.64 Å². The fourth-order valence-electron chi connectivity index (χ4n) is 1.87. The molecule has 16 heavy (non-hydrogen) atoms. The molecule has 2 rings (SSSR count). The summed E-state index contributed by atoms with van der Waals surface area (Å²) in [5, 5.41) is 0.